The Morgan fingerprint density at radius 3 is 2.78 bits per heavy atom. The van der Waals surface area contributed by atoms with Crippen LogP contribution in [0.2, 0.25) is 0 Å². The Labute approximate surface area is 131 Å². The summed E-state index contributed by atoms with van der Waals surface area (Å²) in [5, 5.41) is 20.5. The summed E-state index contributed by atoms with van der Waals surface area (Å²) in [6, 6.07) is 6.21. The van der Waals surface area contributed by atoms with Crippen LogP contribution in [0.25, 0.3) is 10.9 Å². The SMILES string of the molecule is O=C(O)C1CCN(C(=O)Cn2ccc3cc([N+](=O)[O-])ccc32)C1. The first kappa shape index (κ1) is 15.0. The number of likely N-dealkylation sites (tertiary alicyclic amines) is 1. The highest BCUT2D eigenvalue weighted by Gasteiger charge is 2.30. The predicted octanol–water partition coefficient (Wildman–Crippen LogP) is 1.48. The minimum atomic E-state index is -0.876. The fraction of sp³-hybridized carbons (Fsp3) is 0.333. The van der Waals surface area contributed by atoms with Gasteiger partial charge in [0.25, 0.3) is 5.69 Å². The molecule has 3 rings (SSSR count). The highest BCUT2D eigenvalue weighted by molar-refractivity contribution is 5.85. The van der Waals surface area contributed by atoms with Crippen LogP contribution < -0.4 is 0 Å². The number of hydrogen-bond acceptors (Lipinski definition) is 4. The van der Waals surface area contributed by atoms with E-state index in [0.29, 0.717) is 18.4 Å². The molecule has 2 heterocycles. The molecular formula is C15H15N3O5. The highest BCUT2D eigenvalue weighted by atomic mass is 16.6. The fourth-order valence-electron chi connectivity index (χ4n) is 2.87. The smallest absolute Gasteiger partial charge is 0.308 e. The molecule has 0 bridgehead atoms. The Kier molecular flexibility index (Phi) is 3.73. The topological polar surface area (TPSA) is 106 Å². The van der Waals surface area contributed by atoms with Crippen molar-refractivity contribution in [3.05, 3.63) is 40.6 Å². The monoisotopic (exact) mass is 317 g/mol. The molecule has 1 aliphatic rings. The van der Waals surface area contributed by atoms with E-state index in [9.17, 15) is 19.7 Å². The number of aliphatic carboxylic acids is 1. The minimum Gasteiger partial charge on any atom is -0.481 e. The molecule has 23 heavy (non-hydrogen) atoms. The van der Waals surface area contributed by atoms with Crippen LogP contribution in [-0.2, 0) is 16.1 Å². The molecule has 1 aliphatic heterocycles. The lowest BCUT2D eigenvalue weighted by Crippen LogP contribution is -2.32. The molecule has 1 amide bonds. The number of nitro benzene ring substituents is 1. The van der Waals surface area contributed by atoms with Crippen LogP contribution >= 0.6 is 0 Å². The first-order chi connectivity index (χ1) is 11.0. The van der Waals surface area contributed by atoms with Gasteiger partial charge in [0, 0.05) is 42.3 Å². The minimum absolute atomic E-state index is 0.00502. The van der Waals surface area contributed by atoms with Gasteiger partial charge in [0.15, 0.2) is 0 Å². The second-order valence-electron chi connectivity index (χ2n) is 5.61. The number of fused-ring (bicyclic) bond motifs is 1. The lowest BCUT2D eigenvalue weighted by molar-refractivity contribution is -0.384. The van der Waals surface area contributed by atoms with Gasteiger partial charge in [0.1, 0.15) is 6.54 Å². The maximum absolute atomic E-state index is 12.3. The third kappa shape index (κ3) is 2.87. The van der Waals surface area contributed by atoms with Crippen LogP contribution in [0.4, 0.5) is 5.69 Å². The second kappa shape index (κ2) is 5.71. The van der Waals surface area contributed by atoms with Crippen molar-refractivity contribution in [3.8, 4) is 0 Å². The normalized spacial score (nSPS) is 17.6. The highest BCUT2D eigenvalue weighted by Crippen LogP contribution is 2.23. The predicted molar refractivity (Wildman–Crippen MR) is 80.9 cm³/mol. The standard InChI is InChI=1S/C15H15N3O5/c19-14(17-6-4-11(8-17)15(20)21)9-16-5-3-10-7-12(18(22)23)1-2-13(10)16/h1-3,5,7,11H,4,6,8-9H2,(H,20,21). The second-order valence-corrected chi connectivity index (χ2v) is 5.61. The van der Waals surface area contributed by atoms with Gasteiger partial charge in [-0.2, -0.15) is 0 Å². The lowest BCUT2D eigenvalue weighted by Gasteiger charge is -2.16. The van der Waals surface area contributed by atoms with Crippen molar-refractivity contribution in [3.63, 3.8) is 0 Å². The van der Waals surface area contributed by atoms with Crippen LogP contribution in [0.3, 0.4) is 0 Å². The van der Waals surface area contributed by atoms with Gasteiger partial charge in [0.2, 0.25) is 5.91 Å². The van der Waals surface area contributed by atoms with Crippen molar-refractivity contribution in [1.29, 1.82) is 0 Å². The summed E-state index contributed by atoms with van der Waals surface area (Å²) < 4.78 is 1.72. The molecule has 0 spiro atoms. The van der Waals surface area contributed by atoms with Gasteiger partial charge < -0.3 is 14.6 Å². The number of nitro groups is 1. The molecule has 2 aromatic rings. The van der Waals surface area contributed by atoms with Crippen LogP contribution in [0.1, 0.15) is 6.42 Å². The van der Waals surface area contributed by atoms with Gasteiger partial charge in [0.05, 0.1) is 10.8 Å². The van der Waals surface area contributed by atoms with E-state index in [4.69, 9.17) is 5.11 Å². The van der Waals surface area contributed by atoms with E-state index in [1.165, 1.54) is 12.1 Å². The quantitative estimate of drug-likeness (QED) is 0.679. The van der Waals surface area contributed by atoms with Gasteiger partial charge in [-0.1, -0.05) is 0 Å². The van der Waals surface area contributed by atoms with Crippen LogP contribution in [0.5, 0.6) is 0 Å². The number of carboxylic acid groups (broad SMARTS) is 1. The van der Waals surface area contributed by atoms with Crippen molar-refractivity contribution in [2.24, 2.45) is 5.92 Å². The van der Waals surface area contributed by atoms with E-state index in [1.54, 1.807) is 27.8 Å². The molecule has 1 atom stereocenters. The largest absolute Gasteiger partial charge is 0.481 e. The number of rotatable bonds is 4. The molecule has 8 nitrogen and oxygen atoms in total. The maximum atomic E-state index is 12.3. The molecule has 8 heteroatoms. The van der Waals surface area contributed by atoms with Crippen molar-refractivity contribution in [2.75, 3.05) is 13.1 Å². The van der Waals surface area contributed by atoms with Crippen LogP contribution in [0.15, 0.2) is 30.5 Å². The number of nitrogens with zero attached hydrogens (tertiary/aromatic N) is 3. The molecule has 1 aromatic carbocycles. The Bertz CT molecular complexity index is 798. The van der Waals surface area contributed by atoms with E-state index < -0.39 is 16.8 Å². The van der Waals surface area contributed by atoms with E-state index >= 15 is 0 Å². The number of carboxylic acids is 1. The number of benzene rings is 1. The van der Waals surface area contributed by atoms with Crippen molar-refractivity contribution >= 4 is 28.5 Å². The maximum Gasteiger partial charge on any atom is 0.308 e. The Morgan fingerprint density at radius 1 is 1.35 bits per heavy atom. The summed E-state index contributed by atoms with van der Waals surface area (Å²) in [6.07, 6.45) is 2.18. The average Bonchev–Trinajstić information content (AvgIpc) is 3.14. The molecule has 1 N–H and O–H groups in total. The number of non-ortho nitro benzene ring substituents is 1. The molecule has 0 saturated carbocycles. The van der Waals surface area contributed by atoms with Gasteiger partial charge in [-0.25, -0.2) is 0 Å². The Hall–Kier alpha value is -2.90. The molecular weight excluding hydrogens is 302 g/mol. The zero-order valence-corrected chi connectivity index (χ0v) is 12.2. The number of carbonyl (C=O) groups is 2. The summed E-state index contributed by atoms with van der Waals surface area (Å²) >= 11 is 0. The fourth-order valence-corrected chi connectivity index (χ4v) is 2.87. The third-order valence-electron chi connectivity index (χ3n) is 4.16. The summed E-state index contributed by atoms with van der Waals surface area (Å²) in [6.45, 7) is 0.771. The number of aromatic nitrogens is 1. The van der Waals surface area contributed by atoms with E-state index in [-0.39, 0.29) is 24.7 Å². The summed E-state index contributed by atoms with van der Waals surface area (Å²) in [5.41, 5.74) is 0.739. The van der Waals surface area contributed by atoms with Crippen molar-refractivity contribution < 1.29 is 19.6 Å². The number of amides is 1. The average molecular weight is 317 g/mol. The first-order valence-corrected chi connectivity index (χ1v) is 7.19. The zero-order valence-electron chi connectivity index (χ0n) is 12.2. The molecule has 1 saturated heterocycles. The molecule has 0 radical (unpaired) electrons. The lowest BCUT2D eigenvalue weighted by atomic mass is 10.1. The Morgan fingerprint density at radius 2 is 2.13 bits per heavy atom. The van der Waals surface area contributed by atoms with E-state index in [1.807, 2.05) is 0 Å². The van der Waals surface area contributed by atoms with E-state index in [0.717, 1.165) is 5.52 Å². The zero-order chi connectivity index (χ0) is 16.6. The molecule has 0 aliphatic carbocycles. The van der Waals surface area contributed by atoms with Crippen LogP contribution in [-0.4, -0.2) is 44.5 Å². The van der Waals surface area contributed by atoms with Gasteiger partial charge in [-0.05, 0) is 18.6 Å². The van der Waals surface area contributed by atoms with Crippen molar-refractivity contribution in [1.82, 2.24) is 9.47 Å². The molecule has 1 fully saturated rings. The summed E-state index contributed by atoms with van der Waals surface area (Å²) in [7, 11) is 0. The van der Waals surface area contributed by atoms with Crippen LogP contribution in [0, 0.1) is 16.0 Å². The third-order valence-corrected chi connectivity index (χ3v) is 4.16. The number of carbonyl (C=O) groups excluding carboxylic acids is 1. The molecule has 1 unspecified atom stereocenters. The summed E-state index contributed by atoms with van der Waals surface area (Å²) in [5.74, 6) is -1.52. The molecule has 1 aromatic heterocycles. The first-order valence-electron chi connectivity index (χ1n) is 7.19. The molecule has 120 valence electrons. The van der Waals surface area contributed by atoms with Gasteiger partial charge in [-0.3, -0.25) is 19.7 Å². The van der Waals surface area contributed by atoms with E-state index in [2.05, 4.69) is 0 Å². The van der Waals surface area contributed by atoms with Gasteiger partial charge >= 0.3 is 5.97 Å². The van der Waals surface area contributed by atoms with Gasteiger partial charge in [-0.15, -0.1) is 0 Å². The van der Waals surface area contributed by atoms with Crippen molar-refractivity contribution in [2.45, 2.75) is 13.0 Å². The Balaban J connectivity index is 1.75. The summed E-state index contributed by atoms with van der Waals surface area (Å²) in [4.78, 5) is 35.1. The number of hydrogen-bond donors (Lipinski definition) is 1.